The molecular weight excluding hydrogens is 460 g/mol. The van der Waals surface area contributed by atoms with Crippen LogP contribution in [0.25, 0.3) is 0 Å². The number of ether oxygens (including phenoxy) is 2. The van der Waals surface area contributed by atoms with Gasteiger partial charge in [0.05, 0.1) is 12.2 Å². The second kappa shape index (κ2) is 11.2. The molecule has 6 nitrogen and oxygen atoms in total. The number of nitrogens with one attached hydrogen (secondary N) is 2. The summed E-state index contributed by atoms with van der Waals surface area (Å²) in [5.74, 6) is 0.107. The maximum absolute atomic E-state index is 12.5. The van der Waals surface area contributed by atoms with Gasteiger partial charge in [-0.15, -0.1) is 0 Å². The van der Waals surface area contributed by atoms with Crippen molar-refractivity contribution in [2.24, 2.45) is 0 Å². The lowest BCUT2D eigenvalue weighted by Crippen LogP contribution is -2.44. The number of carbonyl (C=O) groups excluding carboxylic acids is 2. The summed E-state index contributed by atoms with van der Waals surface area (Å²) >= 11 is 3.38. The lowest BCUT2D eigenvalue weighted by atomic mass is 10.1. The highest BCUT2D eigenvalue weighted by Crippen LogP contribution is 2.22. The van der Waals surface area contributed by atoms with E-state index in [9.17, 15) is 9.59 Å². The largest absolute Gasteiger partial charge is 0.492 e. The fourth-order valence-electron chi connectivity index (χ4n) is 2.85. The molecule has 7 heteroatoms. The van der Waals surface area contributed by atoms with Crippen molar-refractivity contribution in [1.29, 1.82) is 0 Å². The van der Waals surface area contributed by atoms with Crippen molar-refractivity contribution in [3.05, 3.63) is 94.0 Å². The highest BCUT2D eigenvalue weighted by Gasteiger charge is 2.13. The zero-order valence-corrected chi connectivity index (χ0v) is 18.6. The molecule has 0 radical (unpaired) electrons. The molecule has 2 amide bonds. The minimum atomic E-state index is -0.474. The van der Waals surface area contributed by atoms with Crippen LogP contribution in [0.2, 0.25) is 0 Å². The first-order valence-electron chi connectivity index (χ1n) is 9.77. The van der Waals surface area contributed by atoms with Gasteiger partial charge in [-0.2, -0.15) is 0 Å². The topological polar surface area (TPSA) is 76.7 Å². The van der Waals surface area contributed by atoms with E-state index >= 15 is 0 Å². The van der Waals surface area contributed by atoms with Gasteiger partial charge < -0.3 is 9.47 Å². The molecule has 0 heterocycles. The zero-order valence-electron chi connectivity index (χ0n) is 17.1. The minimum absolute atomic E-state index is 0.224. The number of amides is 2. The van der Waals surface area contributed by atoms with Crippen LogP contribution < -0.4 is 20.3 Å². The SMILES string of the molecule is Cc1cc(Br)ccc1OCC(=O)NNC(=O)c1ccccc1OCCc1ccccc1. The molecule has 3 aromatic carbocycles. The van der Waals surface area contributed by atoms with E-state index in [4.69, 9.17) is 9.47 Å². The van der Waals surface area contributed by atoms with Crippen molar-refractivity contribution in [1.82, 2.24) is 10.9 Å². The van der Waals surface area contributed by atoms with Gasteiger partial charge in [0, 0.05) is 10.9 Å². The second-order valence-electron chi connectivity index (χ2n) is 6.78. The van der Waals surface area contributed by atoms with Crippen molar-refractivity contribution in [2.75, 3.05) is 13.2 Å². The molecule has 0 unspecified atom stereocenters. The van der Waals surface area contributed by atoms with Crippen LogP contribution in [0.15, 0.2) is 77.3 Å². The van der Waals surface area contributed by atoms with E-state index in [1.165, 1.54) is 0 Å². The number of benzene rings is 3. The molecule has 0 spiro atoms. The Morgan fingerprint density at radius 2 is 1.61 bits per heavy atom. The second-order valence-corrected chi connectivity index (χ2v) is 7.70. The number of halogens is 1. The van der Waals surface area contributed by atoms with E-state index < -0.39 is 11.8 Å². The van der Waals surface area contributed by atoms with E-state index in [1.807, 2.05) is 49.4 Å². The highest BCUT2D eigenvalue weighted by atomic mass is 79.9. The van der Waals surface area contributed by atoms with Crippen molar-refractivity contribution in [3.63, 3.8) is 0 Å². The Hall–Kier alpha value is -3.32. The van der Waals surface area contributed by atoms with Crippen molar-refractivity contribution >= 4 is 27.7 Å². The van der Waals surface area contributed by atoms with E-state index in [2.05, 4.69) is 26.8 Å². The molecule has 2 N–H and O–H groups in total. The Morgan fingerprint density at radius 3 is 2.39 bits per heavy atom. The van der Waals surface area contributed by atoms with Crippen LogP contribution in [0, 0.1) is 6.92 Å². The molecule has 31 heavy (non-hydrogen) atoms. The van der Waals surface area contributed by atoms with Gasteiger partial charge in [0.1, 0.15) is 11.5 Å². The molecule has 0 aliphatic rings. The summed E-state index contributed by atoms with van der Waals surface area (Å²) < 4.78 is 12.2. The maximum atomic E-state index is 12.5. The van der Waals surface area contributed by atoms with Crippen molar-refractivity contribution in [2.45, 2.75) is 13.3 Å². The van der Waals surface area contributed by atoms with Crippen LogP contribution in [-0.4, -0.2) is 25.0 Å². The Bertz CT molecular complexity index is 1040. The summed E-state index contributed by atoms with van der Waals surface area (Å²) in [6.45, 7) is 2.09. The molecular formula is C24H23BrN2O4. The van der Waals surface area contributed by atoms with Crippen molar-refractivity contribution in [3.8, 4) is 11.5 Å². The first-order chi connectivity index (χ1) is 15.0. The smallest absolute Gasteiger partial charge is 0.276 e. The number of para-hydroxylation sites is 1. The third-order valence-corrected chi connectivity index (χ3v) is 4.93. The number of rotatable bonds is 8. The van der Waals surface area contributed by atoms with Gasteiger partial charge in [-0.25, -0.2) is 0 Å². The van der Waals surface area contributed by atoms with E-state index in [0.717, 1.165) is 22.0 Å². The molecule has 0 aliphatic heterocycles. The molecule has 0 bridgehead atoms. The molecule has 3 aromatic rings. The summed E-state index contributed by atoms with van der Waals surface area (Å²) in [6, 6.07) is 22.3. The quantitative estimate of drug-likeness (QED) is 0.471. The van der Waals surface area contributed by atoms with E-state index in [1.54, 1.807) is 30.3 Å². The minimum Gasteiger partial charge on any atom is -0.492 e. The van der Waals surface area contributed by atoms with Crippen molar-refractivity contribution < 1.29 is 19.1 Å². The molecule has 0 saturated heterocycles. The average Bonchev–Trinajstić information content (AvgIpc) is 2.78. The van der Waals surface area contributed by atoms with Crippen LogP contribution >= 0.6 is 15.9 Å². The summed E-state index contributed by atoms with van der Waals surface area (Å²) in [5, 5.41) is 0. The van der Waals surface area contributed by atoms with Crippen LogP contribution in [0.3, 0.4) is 0 Å². The number of hydrazine groups is 1. The van der Waals surface area contributed by atoms with Crippen LogP contribution in [0.4, 0.5) is 0 Å². The molecule has 0 aliphatic carbocycles. The van der Waals surface area contributed by atoms with Gasteiger partial charge in [-0.3, -0.25) is 20.4 Å². The van der Waals surface area contributed by atoms with Crippen LogP contribution in [-0.2, 0) is 11.2 Å². The number of aryl methyl sites for hydroxylation is 1. The fraction of sp³-hybridized carbons (Fsp3) is 0.167. The Morgan fingerprint density at radius 1 is 0.871 bits per heavy atom. The van der Waals surface area contributed by atoms with Crippen LogP contribution in [0.1, 0.15) is 21.5 Å². The van der Waals surface area contributed by atoms with E-state index in [0.29, 0.717) is 23.7 Å². The zero-order chi connectivity index (χ0) is 22.1. The van der Waals surface area contributed by atoms with Gasteiger partial charge >= 0.3 is 0 Å². The number of carbonyl (C=O) groups is 2. The lowest BCUT2D eigenvalue weighted by Gasteiger charge is -2.13. The molecule has 0 fully saturated rings. The maximum Gasteiger partial charge on any atom is 0.276 e. The number of hydrogen-bond acceptors (Lipinski definition) is 4. The standard InChI is InChI=1S/C24H23BrN2O4/c1-17-15-19(25)11-12-21(17)31-16-23(28)26-27-24(29)20-9-5-6-10-22(20)30-14-13-18-7-3-2-4-8-18/h2-12,15H,13-14,16H2,1H3,(H,26,28)(H,27,29). The summed E-state index contributed by atoms with van der Waals surface area (Å²) in [6.07, 6.45) is 0.723. The third-order valence-electron chi connectivity index (χ3n) is 4.43. The molecule has 0 saturated carbocycles. The number of hydrogen-bond donors (Lipinski definition) is 2. The predicted octanol–water partition coefficient (Wildman–Crippen LogP) is 4.22. The summed E-state index contributed by atoms with van der Waals surface area (Å²) in [5.41, 5.74) is 7.14. The lowest BCUT2D eigenvalue weighted by molar-refractivity contribution is -0.123. The monoisotopic (exact) mass is 482 g/mol. The Kier molecular flexibility index (Phi) is 8.06. The Balaban J connectivity index is 1.49. The molecule has 160 valence electrons. The van der Waals surface area contributed by atoms with Gasteiger partial charge in [0.25, 0.3) is 11.8 Å². The Labute approximate surface area is 189 Å². The highest BCUT2D eigenvalue weighted by molar-refractivity contribution is 9.10. The first-order valence-corrected chi connectivity index (χ1v) is 10.6. The van der Waals surface area contributed by atoms with E-state index in [-0.39, 0.29) is 6.61 Å². The predicted molar refractivity (Wildman–Crippen MR) is 122 cm³/mol. The van der Waals surface area contributed by atoms with Gasteiger partial charge in [-0.05, 0) is 48.4 Å². The van der Waals surface area contributed by atoms with Gasteiger partial charge in [0.2, 0.25) is 0 Å². The molecule has 3 rings (SSSR count). The summed E-state index contributed by atoms with van der Waals surface area (Å²) in [4.78, 5) is 24.6. The normalized spacial score (nSPS) is 10.3. The summed E-state index contributed by atoms with van der Waals surface area (Å²) in [7, 11) is 0. The molecule has 0 atom stereocenters. The third kappa shape index (κ3) is 6.86. The fourth-order valence-corrected chi connectivity index (χ4v) is 3.33. The average molecular weight is 483 g/mol. The van der Waals surface area contributed by atoms with Gasteiger partial charge in [-0.1, -0.05) is 58.4 Å². The first kappa shape index (κ1) is 22.4. The van der Waals surface area contributed by atoms with Gasteiger partial charge in [0.15, 0.2) is 6.61 Å². The van der Waals surface area contributed by atoms with Crippen LogP contribution in [0.5, 0.6) is 11.5 Å². The molecule has 0 aromatic heterocycles.